The maximum Gasteiger partial charge on any atom is 0.330 e. The summed E-state index contributed by atoms with van der Waals surface area (Å²) in [5.41, 5.74) is 0. The number of hydrogen-bond acceptors (Lipinski definition) is 7. The van der Waals surface area contributed by atoms with Crippen LogP contribution in [0.1, 0.15) is 12.8 Å². The van der Waals surface area contributed by atoms with Crippen molar-refractivity contribution in [2.45, 2.75) is 21.5 Å². The number of rotatable bonds is 8. The highest BCUT2D eigenvalue weighted by Crippen LogP contribution is 2.45. The number of carboxylic acids is 2. The van der Waals surface area contributed by atoms with Gasteiger partial charge in [-0.3, -0.25) is 4.79 Å². The molecule has 0 fully saturated rings. The Hall–Kier alpha value is 0.300. The third-order valence-electron chi connectivity index (χ3n) is 1.50. The molecule has 0 spiro atoms. The first-order valence-corrected chi connectivity index (χ1v) is 7.33. The number of carbonyl (C=O) groups is 2. The van der Waals surface area contributed by atoms with Gasteiger partial charge in [0.25, 0.3) is 0 Å². The van der Waals surface area contributed by atoms with Gasteiger partial charge in [-0.05, 0) is 12.8 Å². The lowest BCUT2D eigenvalue weighted by molar-refractivity contribution is -0.137. The second-order valence-corrected chi connectivity index (χ2v) is 7.32. The van der Waals surface area contributed by atoms with Crippen LogP contribution in [0.4, 0.5) is 0 Å². The van der Waals surface area contributed by atoms with Gasteiger partial charge in [-0.1, -0.05) is 21.6 Å². The van der Waals surface area contributed by atoms with Gasteiger partial charge in [0.05, 0.1) is 0 Å². The summed E-state index contributed by atoms with van der Waals surface area (Å²) in [7, 11) is 1.63. The summed E-state index contributed by atoms with van der Waals surface area (Å²) in [6, 6.07) is 0. The van der Waals surface area contributed by atoms with Crippen LogP contribution in [0.5, 0.6) is 0 Å². The van der Waals surface area contributed by atoms with Crippen molar-refractivity contribution in [2.24, 2.45) is 0 Å². The highest BCUT2D eigenvalue weighted by molar-refractivity contribution is 8.80. The molecule has 0 bridgehead atoms. The predicted octanol–water partition coefficient (Wildman–Crippen LogP) is 1.19. The Labute approximate surface area is 112 Å². The topological polar surface area (TPSA) is 94.8 Å². The van der Waals surface area contributed by atoms with Crippen molar-refractivity contribution in [3.05, 3.63) is 0 Å². The third kappa shape index (κ3) is 5.58. The Morgan fingerprint density at radius 3 is 2.31 bits per heavy atom. The molecule has 2 atom stereocenters. The summed E-state index contributed by atoms with van der Waals surface area (Å²) in [5.74, 6) is -2.29. The van der Waals surface area contributed by atoms with Crippen molar-refractivity contribution >= 4 is 58.8 Å². The van der Waals surface area contributed by atoms with E-state index in [0.717, 1.165) is 21.6 Å². The quantitative estimate of drug-likeness (QED) is 0.261. The molecule has 2 unspecified atom stereocenters. The SMILES string of the molecule is O=C(O)C(S)SSC(S)(CCCO)C(=O)O. The van der Waals surface area contributed by atoms with E-state index in [4.69, 9.17) is 15.3 Å². The van der Waals surface area contributed by atoms with E-state index in [1.165, 1.54) is 0 Å². The van der Waals surface area contributed by atoms with Crippen molar-refractivity contribution in [3.63, 3.8) is 0 Å². The second kappa shape index (κ2) is 7.59. The van der Waals surface area contributed by atoms with E-state index in [-0.39, 0.29) is 19.4 Å². The molecule has 0 rings (SSSR count). The van der Waals surface area contributed by atoms with Crippen LogP contribution in [-0.4, -0.2) is 42.5 Å². The molecule has 0 heterocycles. The van der Waals surface area contributed by atoms with Crippen LogP contribution in [0.3, 0.4) is 0 Å². The predicted molar refractivity (Wildman–Crippen MR) is 71.3 cm³/mol. The zero-order chi connectivity index (χ0) is 12.8. The molecule has 9 heteroatoms. The lowest BCUT2D eigenvalue weighted by Gasteiger charge is -2.22. The summed E-state index contributed by atoms with van der Waals surface area (Å²) in [5, 5.41) is 26.1. The Bertz CT molecular complexity index is 261. The van der Waals surface area contributed by atoms with Crippen molar-refractivity contribution in [2.75, 3.05) is 6.61 Å². The average Bonchev–Trinajstić information content (AvgIpc) is 2.22. The molecule has 0 aromatic carbocycles. The molecule has 0 saturated carbocycles. The van der Waals surface area contributed by atoms with Crippen LogP contribution >= 0.6 is 46.8 Å². The van der Waals surface area contributed by atoms with Gasteiger partial charge in [-0.2, -0.15) is 12.6 Å². The van der Waals surface area contributed by atoms with E-state index in [1.807, 2.05) is 0 Å². The van der Waals surface area contributed by atoms with Crippen molar-refractivity contribution < 1.29 is 24.9 Å². The lowest BCUT2D eigenvalue weighted by atomic mass is 10.2. The summed E-state index contributed by atoms with van der Waals surface area (Å²) in [6.07, 6.45) is 0.424. The largest absolute Gasteiger partial charge is 0.480 e. The standard InChI is InChI=1S/C7H12O5S4/c8-3-1-2-7(14,6(11)12)16-15-5(13)4(9)10/h5,8,13-14H,1-3H2,(H,9,10)(H,11,12). The minimum Gasteiger partial charge on any atom is -0.480 e. The Kier molecular flexibility index (Phi) is 7.73. The fourth-order valence-corrected chi connectivity index (χ4v) is 3.70. The molecular formula is C7H12O5S4. The highest BCUT2D eigenvalue weighted by atomic mass is 33.1. The number of thiol groups is 2. The van der Waals surface area contributed by atoms with Crippen molar-refractivity contribution in [1.29, 1.82) is 0 Å². The number of aliphatic carboxylic acids is 2. The third-order valence-corrected chi connectivity index (χ3v) is 6.37. The van der Waals surface area contributed by atoms with Crippen LogP contribution in [0, 0.1) is 0 Å². The summed E-state index contributed by atoms with van der Waals surface area (Å²) >= 11 is 7.76. The van der Waals surface area contributed by atoms with E-state index < -0.39 is 20.6 Å². The van der Waals surface area contributed by atoms with Gasteiger partial charge in [0, 0.05) is 6.61 Å². The van der Waals surface area contributed by atoms with Gasteiger partial charge < -0.3 is 15.3 Å². The Morgan fingerprint density at radius 1 is 1.38 bits per heavy atom. The van der Waals surface area contributed by atoms with Crippen LogP contribution < -0.4 is 0 Å². The van der Waals surface area contributed by atoms with E-state index in [1.54, 1.807) is 0 Å². The summed E-state index contributed by atoms with van der Waals surface area (Å²) in [6.45, 7) is -0.135. The maximum atomic E-state index is 10.9. The van der Waals surface area contributed by atoms with Gasteiger partial charge in [-0.25, -0.2) is 4.79 Å². The highest BCUT2D eigenvalue weighted by Gasteiger charge is 2.36. The number of aliphatic hydroxyl groups is 1. The average molecular weight is 304 g/mol. The molecule has 5 nitrogen and oxygen atoms in total. The molecule has 0 aliphatic rings. The Morgan fingerprint density at radius 2 is 1.94 bits per heavy atom. The minimum atomic E-state index is -1.41. The second-order valence-electron chi connectivity index (χ2n) is 2.79. The number of aliphatic hydroxyl groups excluding tert-OH is 1. The molecule has 0 aliphatic heterocycles. The van der Waals surface area contributed by atoms with E-state index in [9.17, 15) is 9.59 Å². The smallest absolute Gasteiger partial charge is 0.330 e. The Balaban J connectivity index is 4.33. The van der Waals surface area contributed by atoms with E-state index in [2.05, 4.69) is 25.3 Å². The minimum absolute atomic E-state index is 0.135. The maximum absolute atomic E-state index is 10.9. The molecule has 94 valence electrons. The zero-order valence-electron chi connectivity index (χ0n) is 8.07. The van der Waals surface area contributed by atoms with Crippen molar-refractivity contribution in [3.8, 4) is 0 Å². The molecule has 16 heavy (non-hydrogen) atoms. The molecule has 0 aromatic heterocycles. The monoisotopic (exact) mass is 304 g/mol. The molecular weight excluding hydrogens is 292 g/mol. The first kappa shape index (κ1) is 16.3. The molecule has 0 radical (unpaired) electrons. The number of hydrogen-bond donors (Lipinski definition) is 5. The van der Waals surface area contributed by atoms with Crippen LogP contribution in [-0.2, 0) is 9.59 Å². The molecule has 0 aliphatic carbocycles. The fourth-order valence-electron chi connectivity index (χ4n) is 0.669. The fraction of sp³-hybridized carbons (Fsp3) is 0.714. The van der Waals surface area contributed by atoms with Gasteiger partial charge in [0.2, 0.25) is 0 Å². The molecule has 0 saturated heterocycles. The summed E-state index contributed by atoms with van der Waals surface area (Å²) < 4.78 is -2.42. The van der Waals surface area contributed by atoms with Crippen LogP contribution in [0.2, 0.25) is 0 Å². The molecule has 3 N–H and O–H groups in total. The normalized spacial score (nSPS) is 16.4. The first-order valence-electron chi connectivity index (χ1n) is 4.15. The first-order chi connectivity index (χ1) is 7.33. The summed E-state index contributed by atoms with van der Waals surface area (Å²) in [4.78, 5) is 21.4. The lowest BCUT2D eigenvalue weighted by Crippen LogP contribution is -2.28. The van der Waals surface area contributed by atoms with E-state index in [0.29, 0.717) is 0 Å². The van der Waals surface area contributed by atoms with Gasteiger partial charge in [0.1, 0.15) is 0 Å². The zero-order valence-corrected chi connectivity index (χ0v) is 11.5. The molecule has 0 amide bonds. The van der Waals surface area contributed by atoms with Crippen LogP contribution in [0.25, 0.3) is 0 Å². The van der Waals surface area contributed by atoms with Crippen molar-refractivity contribution in [1.82, 2.24) is 0 Å². The number of carboxylic acid groups (broad SMARTS) is 2. The van der Waals surface area contributed by atoms with Crippen LogP contribution in [0.15, 0.2) is 0 Å². The van der Waals surface area contributed by atoms with E-state index >= 15 is 0 Å². The van der Waals surface area contributed by atoms with Gasteiger partial charge in [-0.15, -0.1) is 12.6 Å². The molecule has 0 aromatic rings. The van der Waals surface area contributed by atoms with Gasteiger partial charge >= 0.3 is 11.9 Å². The van der Waals surface area contributed by atoms with Gasteiger partial charge in [0.15, 0.2) is 8.66 Å².